The summed E-state index contributed by atoms with van der Waals surface area (Å²) in [4.78, 5) is 11.5. The molecule has 1 aromatic carbocycles. The maximum atomic E-state index is 13.7. The number of ether oxygens (including phenoxy) is 1. The highest BCUT2D eigenvalue weighted by molar-refractivity contribution is 5.96. The highest BCUT2D eigenvalue weighted by Gasteiger charge is 2.19. The van der Waals surface area contributed by atoms with Crippen molar-refractivity contribution in [1.29, 1.82) is 0 Å². The predicted octanol–water partition coefficient (Wildman–Crippen LogP) is 2.54. The Balaban J connectivity index is 1.97. The van der Waals surface area contributed by atoms with Gasteiger partial charge in [0, 0.05) is 12.0 Å². The fourth-order valence-electron chi connectivity index (χ4n) is 1.93. The van der Waals surface area contributed by atoms with E-state index >= 15 is 0 Å². The molecule has 0 unspecified atom stereocenters. The van der Waals surface area contributed by atoms with Gasteiger partial charge in [-0.25, -0.2) is 4.39 Å². The van der Waals surface area contributed by atoms with Crippen LogP contribution < -0.4 is 10.5 Å². The lowest BCUT2D eigenvalue weighted by molar-refractivity contribution is 0.0985. The lowest BCUT2D eigenvalue weighted by Crippen LogP contribution is -2.19. The molecule has 0 aromatic heterocycles. The van der Waals surface area contributed by atoms with Crippen molar-refractivity contribution in [2.45, 2.75) is 25.7 Å². The third-order valence-electron chi connectivity index (χ3n) is 3.32. The molecule has 0 bridgehead atoms. The fourth-order valence-corrected chi connectivity index (χ4v) is 1.93. The molecular formula is C14H18FNO2. The van der Waals surface area contributed by atoms with Crippen molar-refractivity contribution in [2.75, 3.05) is 13.2 Å². The zero-order valence-corrected chi connectivity index (χ0v) is 10.3. The summed E-state index contributed by atoms with van der Waals surface area (Å²) in [5.74, 6) is 0.174. The van der Waals surface area contributed by atoms with E-state index in [0.717, 1.165) is 12.8 Å². The van der Waals surface area contributed by atoms with Gasteiger partial charge in [-0.3, -0.25) is 4.79 Å². The van der Waals surface area contributed by atoms with Crippen molar-refractivity contribution in [2.24, 2.45) is 11.7 Å². The van der Waals surface area contributed by atoms with Crippen LogP contribution in [-0.2, 0) is 0 Å². The first-order valence-electron chi connectivity index (χ1n) is 6.36. The van der Waals surface area contributed by atoms with Crippen LogP contribution in [0.15, 0.2) is 18.2 Å². The molecule has 1 aromatic rings. The molecule has 3 nitrogen and oxygen atoms in total. The molecule has 1 fully saturated rings. The summed E-state index contributed by atoms with van der Waals surface area (Å²) in [6, 6.07) is 4.35. The highest BCUT2D eigenvalue weighted by Crippen LogP contribution is 2.28. The third-order valence-corrected chi connectivity index (χ3v) is 3.32. The Labute approximate surface area is 106 Å². The van der Waals surface area contributed by atoms with Crippen molar-refractivity contribution in [3.8, 4) is 5.75 Å². The van der Waals surface area contributed by atoms with Gasteiger partial charge < -0.3 is 10.5 Å². The topological polar surface area (TPSA) is 52.3 Å². The smallest absolute Gasteiger partial charge is 0.165 e. The number of carbonyl (C=O) groups is 1. The van der Waals surface area contributed by atoms with Gasteiger partial charge in [0.15, 0.2) is 17.3 Å². The summed E-state index contributed by atoms with van der Waals surface area (Å²) < 4.78 is 19.1. The molecule has 0 atom stereocenters. The quantitative estimate of drug-likeness (QED) is 0.790. The molecule has 1 aliphatic rings. The zero-order chi connectivity index (χ0) is 13.0. The lowest BCUT2D eigenvalue weighted by atomic mass is 9.86. The Bertz CT molecular complexity index is 430. The first kappa shape index (κ1) is 13.0. The van der Waals surface area contributed by atoms with Gasteiger partial charge in [0.1, 0.15) is 0 Å². The normalized spacial score (nSPS) is 15.2. The monoisotopic (exact) mass is 251 g/mol. The number of Topliss-reactive ketones (excluding diaryl/α,β-unsaturated/α-hetero) is 1. The van der Waals surface area contributed by atoms with Crippen LogP contribution in [0.25, 0.3) is 0 Å². The molecule has 0 saturated heterocycles. The highest BCUT2D eigenvalue weighted by atomic mass is 19.1. The molecule has 2 N–H and O–H groups in total. The molecule has 0 amide bonds. The van der Waals surface area contributed by atoms with Crippen molar-refractivity contribution < 1.29 is 13.9 Å². The van der Waals surface area contributed by atoms with Crippen molar-refractivity contribution in [1.82, 2.24) is 0 Å². The van der Waals surface area contributed by atoms with Crippen LogP contribution in [-0.4, -0.2) is 18.9 Å². The number of carbonyl (C=O) groups excluding carboxylic acids is 1. The fraction of sp³-hybridized carbons (Fsp3) is 0.500. The molecule has 0 radical (unpaired) electrons. The molecule has 4 heteroatoms. The van der Waals surface area contributed by atoms with E-state index in [1.165, 1.54) is 18.6 Å². The van der Waals surface area contributed by atoms with Gasteiger partial charge in [-0.2, -0.15) is 0 Å². The molecule has 0 heterocycles. The van der Waals surface area contributed by atoms with Crippen LogP contribution in [0, 0.1) is 11.7 Å². The van der Waals surface area contributed by atoms with Crippen LogP contribution in [0.3, 0.4) is 0 Å². The van der Waals surface area contributed by atoms with Crippen molar-refractivity contribution in [3.05, 3.63) is 29.6 Å². The summed E-state index contributed by atoms with van der Waals surface area (Å²) in [5.41, 5.74) is 5.65. The van der Waals surface area contributed by atoms with Crippen LogP contribution in [0.1, 0.15) is 36.0 Å². The number of benzene rings is 1. The van der Waals surface area contributed by atoms with Crippen LogP contribution in [0.2, 0.25) is 0 Å². The predicted molar refractivity (Wildman–Crippen MR) is 67.2 cm³/mol. The first-order chi connectivity index (χ1) is 8.70. The lowest BCUT2D eigenvalue weighted by Gasteiger charge is -2.25. The summed E-state index contributed by atoms with van der Waals surface area (Å²) >= 11 is 0. The van der Waals surface area contributed by atoms with Gasteiger partial charge in [0.25, 0.3) is 0 Å². The second kappa shape index (κ2) is 5.96. The minimum Gasteiger partial charge on any atom is -0.490 e. The maximum Gasteiger partial charge on any atom is 0.165 e. The van der Waals surface area contributed by atoms with E-state index in [1.54, 1.807) is 6.07 Å². The molecular weight excluding hydrogens is 233 g/mol. The minimum absolute atomic E-state index is 0.137. The van der Waals surface area contributed by atoms with Gasteiger partial charge in [-0.05, 0) is 43.5 Å². The maximum absolute atomic E-state index is 13.7. The standard InChI is InChI=1S/C14H18FNO2/c15-12-8-11(13(17)6-7-16)4-5-14(12)18-9-10-2-1-3-10/h4-5,8,10H,1-3,6-7,9,16H2. The van der Waals surface area contributed by atoms with E-state index in [-0.39, 0.29) is 24.5 Å². The van der Waals surface area contributed by atoms with Crippen LogP contribution >= 0.6 is 0 Å². The number of ketones is 1. The van der Waals surface area contributed by atoms with Gasteiger partial charge in [0.05, 0.1) is 6.61 Å². The summed E-state index contributed by atoms with van der Waals surface area (Å²) in [7, 11) is 0. The number of rotatable bonds is 6. The molecule has 1 saturated carbocycles. The number of hydrogen-bond acceptors (Lipinski definition) is 3. The SMILES string of the molecule is NCCC(=O)c1ccc(OCC2CCC2)c(F)c1. The van der Waals surface area contributed by atoms with Gasteiger partial charge >= 0.3 is 0 Å². The summed E-state index contributed by atoms with van der Waals surface area (Å²) in [6.07, 6.45) is 3.80. The third kappa shape index (κ3) is 3.07. The van der Waals surface area contributed by atoms with Gasteiger partial charge in [-0.1, -0.05) is 6.42 Å². The van der Waals surface area contributed by atoms with E-state index in [1.807, 2.05) is 0 Å². The largest absolute Gasteiger partial charge is 0.490 e. The molecule has 18 heavy (non-hydrogen) atoms. The van der Waals surface area contributed by atoms with E-state index in [4.69, 9.17) is 10.5 Å². The van der Waals surface area contributed by atoms with Crippen molar-refractivity contribution >= 4 is 5.78 Å². The molecule has 1 aliphatic carbocycles. The minimum atomic E-state index is -0.475. The Hall–Kier alpha value is -1.42. The summed E-state index contributed by atoms with van der Waals surface area (Å²) in [5, 5.41) is 0. The second-order valence-corrected chi connectivity index (χ2v) is 4.71. The Morgan fingerprint density at radius 1 is 1.44 bits per heavy atom. The number of nitrogens with two attached hydrogens (primary N) is 1. The molecule has 0 spiro atoms. The Kier molecular flexibility index (Phi) is 4.31. The van der Waals surface area contributed by atoms with Gasteiger partial charge in [-0.15, -0.1) is 0 Å². The molecule has 0 aliphatic heterocycles. The van der Waals surface area contributed by atoms with Crippen molar-refractivity contribution in [3.63, 3.8) is 0 Å². The number of halogens is 1. The Morgan fingerprint density at radius 3 is 2.78 bits per heavy atom. The van der Waals surface area contributed by atoms with Crippen LogP contribution in [0.4, 0.5) is 4.39 Å². The molecule has 2 rings (SSSR count). The molecule has 98 valence electrons. The first-order valence-corrected chi connectivity index (χ1v) is 6.36. The van der Waals surface area contributed by atoms with E-state index in [0.29, 0.717) is 18.1 Å². The van der Waals surface area contributed by atoms with E-state index in [2.05, 4.69) is 0 Å². The zero-order valence-electron chi connectivity index (χ0n) is 10.3. The summed E-state index contributed by atoms with van der Waals surface area (Å²) in [6.45, 7) is 0.841. The average molecular weight is 251 g/mol. The van der Waals surface area contributed by atoms with Gasteiger partial charge in [0.2, 0.25) is 0 Å². The Morgan fingerprint density at radius 2 is 2.22 bits per heavy atom. The number of hydrogen-bond donors (Lipinski definition) is 1. The van der Waals surface area contributed by atoms with Crippen LogP contribution in [0.5, 0.6) is 5.75 Å². The second-order valence-electron chi connectivity index (χ2n) is 4.71. The van der Waals surface area contributed by atoms with E-state index in [9.17, 15) is 9.18 Å². The van der Waals surface area contributed by atoms with E-state index < -0.39 is 5.82 Å². The average Bonchev–Trinajstić information content (AvgIpc) is 2.29.